The Bertz CT molecular complexity index is 280. The van der Waals surface area contributed by atoms with Crippen LogP contribution in [0.5, 0.6) is 0 Å². The minimum absolute atomic E-state index is 0.481. The largest absolute Gasteiger partial charge is 0.384 e. The fraction of sp³-hybridized carbons (Fsp3) is 0.600. The maximum absolute atomic E-state index is 5.51. The van der Waals surface area contributed by atoms with Gasteiger partial charge < -0.3 is 15.8 Å². The Labute approximate surface area is 90.1 Å². The first kappa shape index (κ1) is 11.7. The van der Waals surface area contributed by atoms with Crippen molar-refractivity contribution in [3.05, 3.63) is 12.3 Å². The number of aromatic nitrogens is 2. The standard InChI is InChI=1S/C10H18N4O/c1-2-7-15-8-3-5-12-10-13-6-4-9(11)14-10/h4,6H,2-3,5,7-8H2,1H3,(H3,11,12,13,14). The van der Waals surface area contributed by atoms with Crippen molar-refractivity contribution < 1.29 is 4.74 Å². The molecule has 5 nitrogen and oxygen atoms in total. The van der Waals surface area contributed by atoms with Crippen LogP contribution in [0.4, 0.5) is 11.8 Å². The number of nitrogens with two attached hydrogens (primary N) is 1. The number of nitrogens with one attached hydrogen (secondary N) is 1. The molecule has 0 saturated heterocycles. The van der Waals surface area contributed by atoms with Crippen molar-refractivity contribution in [3.63, 3.8) is 0 Å². The second kappa shape index (κ2) is 7.00. The van der Waals surface area contributed by atoms with Gasteiger partial charge in [0.2, 0.25) is 5.95 Å². The molecule has 0 bridgehead atoms. The molecule has 0 unspecified atom stereocenters. The summed E-state index contributed by atoms with van der Waals surface area (Å²) >= 11 is 0. The first-order valence-electron chi connectivity index (χ1n) is 5.23. The summed E-state index contributed by atoms with van der Waals surface area (Å²) in [4.78, 5) is 8.05. The van der Waals surface area contributed by atoms with E-state index in [1.807, 2.05) is 0 Å². The fourth-order valence-corrected chi connectivity index (χ4v) is 1.08. The first-order valence-corrected chi connectivity index (χ1v) is 5.23. The quantitative estimate of drug-likeness (QED) is 0.663. The van der Waals surface area contributed by atoms with Gasteiger partial charge in [0, 0.05) is 26.0 Å². The molecule has 1 aromatic rings. The van der Waals surface area contributed by atoms with Crippen molar-refractivity contribution in [2.75, 3.05) is 30.8 Å². The molecule has 0 fully saturated rings. The van der Waals surface area contributed by atoms with Crippen molar-refractivity contribution in [1.82, 2.24) is 9.97 Å². The molecule has 0 saturated carbocycles. The molecule has 0 aromatic carbocycles. The van der Waals surface area contributed by atoms with Gasteiger partial charge in [-0.25, -0.2) is 4.98 Å². The molecule has 1 heterocycles. The Hall–Kier alpha value is -1.36. The highest BCUT2D eigenvalue weighted by Gasteiger charge is 1.95. The minimum Gasteiger partial charge on any atom is -0.384 e. The lowest BCUT2D eigenvalue weighted by atomic mass is 10.4. The Morgan fingerprint density at radius 2 is 2.33 bits per heavy atom. The second-order valence-electron chi connectivity index (χ2n) is 3.20. The monoisotopic (exact) mass is 210 g/mol. The molecular formula is C10H18N4O. The summed E-state index contributed by atoms with van der Waals surface area (Å²) in [6.07, 6.45) is 3.64. The van der Waals surface area contributed by atoms with Gasteiger partial charge in [-0.1, -0.05) is 6.92 Å². The number of hydrogen-bond acceptors (Lipinski definition) is 5. The molecule has 1 rings (SSSR count). The second-order valence-corrected chi connectivity index (χ2v) is 3.20. The van der Waals surface area contributed by atoms with E-state index in [9.17, 15) is 0 Å². The molecule has 0 radical (unpaired) electrons. The first-order chi connectivity index (χ1) is 7.33. The van der Waals surface area contributed by atoms with Crippen LogP contribution in [0.15, 0.2) is 12.3 Å². The highest BCUT2D eigenvalue weighted by molar-refractivity contribution is 5.34. The van der Waals surface area contributed by atoms with Crippen molar-refractivity contribution in [1.29, 1.82) is 0 Å². The molecule has 3 N–H and O–H groups in total. The van der Waals surface area contributed by atoms with Crippen molar-refractivity contribution in [2.24, 2.45) is 0 Å². The lowest BCUT2D eigenvalue weighted by Crippen LogP contribution is -2.09. The number of hydrogen-bond donors (Lipinski definition) is 2. The molecular weight excluding hydrogens is 192 g/mol. The Kier molecular flexibility index (Phi) is 5.47. The molecule has 0 amide bonds. The predicted octanol–water partition coefficient (Wildman–Crippen LogP) is 1.29. The van der Waals surface area contributed by atoms with Crippen molar-refractivity contribution in [2.45, 2.75) is 19.8 Å². The number of ether oxygens (including phenoxy) is 1. The smallest absolute Gasteiger partial charge is 0.224 e. The number of anilines is 2. The van der Waals surface area contributed by atoms with Crippen LogP contribution in [0.3, 0.4) is 0 Å². The van der Waals surface area contributed by atoms with Gasteiger partial charge in [0.15, 0.2) is 0 Å². The van der Waals surface area contributed by atoms with Crippen molar-refractivity contribution in [3.8, 4) is 0 Å². The van der Waals surface area contributed by atoms with Crippen LogP contribution in [0.25, 0.3) is 0 Å². The van der Waals surface area contributed by atoms with Gasteiger partial charge >= 0.3 is 0 Å². The van der Waals surface area contributed by atoms with Gasteiger partial charge in [-0.15, -0.1) is 0 Å². The van der Waals surface area contributed by atoms with Gasteiger partial charge in [0.25, 0.3) is 0 Å². The minimum atomic E-state index is 0.481. The average molecular weight is 210 g/mol. The maximum Gasteiger partial charge on any atom is 0.224 e. The number of nitrogen functional groups attached to an aromatic ring is 1. The normalized spacial score (nSPS) is 10.2. The van der Waals surface area contributed by atoms with Crippen LogP contribution >= 0.6 is 0 Å². The summed E-state index contributed by atoms with van der Waals surface area (Å²) in [6.45, 7) is 4.49. The van der Waals surface area contributed by atoms with Gasteiger partial charge in [-0.05, 0) is 18.9 Å². The van der Waals surface area contributed by atoms with Crippen LogP contribution in [0.1, 0.15) is 19.8 Å². The highest BCUT2D eigenvalue weighted by atomic mass is 16.5. The van der Waals surface area contributed by atoms with E-state index in [1.54, 1.807) is 12.3 Å². The van der Waals surface area contributed by atoms with Crippen molar-refractivity contribution >= 4 is 11.8 Å². The van der Waals surface area contributed by atoms with E-state index in [2.05, 4.69) is 22.2 Å². The van der Waals surface area contributed by atoms with Crippen LogP contribution < -0.4 is 11.1 Å². The van der Waals surface area contributed by atoms with Gasteiger partial charge in [0.05, 0.1) is 0 Å². The van der Waals surface area contributed by atoms with Crippen LogP contribution in [-0.4, -0.2) is 29.7 Å². The van der Waals surface area contributed by atoms with Crippen LogP contribution in [0, 0.1) is 0 Å². The fourth-order valence-electron chi connectivity index (χ4n) is 1.08. The predicted molar refractivity (Wildman–Crippen MR) is 60.7 cm³/mol. The Morgan fingerprint density at radius 3 is 3.07 bits per heavy atom. The topological polar surface area (TPSA) is 73.1 Å². The molecule has 0 atom stereocenters. The van der Waals surface area contributed by atoms with E-state index in [0.29, 0.717) is 11.8 Å². The zero-order chi connectivity index (χ0) is 10.9. The van der Waals surface area contributed by atoms with Gasteiger partial charge in [-0.2, -0.15) is 4.98 Å². The van der Waals surface area contributed by atoms with Crippen LogP contribution in [-0.2, 0) is 4.74 Å². The molecule has 15 heavy (non-hydrogen) atoms. The zero-order valence-corrected chi connectivity index (χ0v) is 9.07. The summed E-state index contributed by atoms with van der Waals surface area (Å²) in [6, 6.07) is 1.66. The number of nitrogens with zero attached hydrogens (tertiary/aromatic N) is 2. The molecule has 0 aliphatic carbocycles. The zero-order valence-electron chi connectivity index (χ0n) is 9.07. The van der Waals surface area contributed by atoms with Gasteiger partial charge in [-0.3, -0.25) is 0 Å². The van der Waals surface area contributed by atoms with E-state index >= 15 is 0 Å². The Balaban J connectivity index is 2.10. The molecule has 1 aromatic heterocycles. The molecule has 0 aliphatic heterocycles. The highest BCUT2D eigenvalue weighted by Crippen LogP contribution is 2.00. The van der Waals surface area contributed by atoms with Gasteiger partial charge in [0.1, 0.15) is 5.82 Å². The lowest BCUT2D eigenvalue weighted by Gasteiger charge is -2.05. The maximum atomic E-state index is 5.51. The summed E-state index contributed by atoms with van der Waals surface area (Å²) in [5.41, 5.74) is 5.51. The molecule has 5 heteroatoms. The third-order valence-electron chi connectivity index (χ3n) is 1.77. The molecule has 0 spiro atoms. The average Bonchev–Trinajstić information content (AvgIpc) is 2.23. The summed E-state index contributed by atoms with van der Waals surface area (Å²) in [7, 11) is 0. The third kappa shape index (κ3) is 5.17. The summed E-state index contributed by atoms with van der Waals surface area (Å²) in [5.74, 6) is 1.06. The molecule has 0 aliphatic rings. The van der Waals surface area contributed by atoms with Crippen LogP contribution in [0.2, 0.25) is 0 Å². The van der Waals surface area contributed by atoms with E-state index < -0.39 is 0 Å². The number of rotatable bonds is 7. The van der Waals surface area contributed by atoms with E-state index in [4.69, 9.17) is 10.5 Å². The Morgan fingerprint density at radius 1 is 1.47 bits per heavy atom. The SMILES string of the molecule is CCCOCCCNc1nccc(N)n1. The van der Waals surface area contributed by atoms with E-state index in [0.717, 1.165) is 32.6 Å². The summed E-state index contributed by atoms with van der Waals surface area (Å²) in [5, 5.41) is 3.08. The van der Waals surface area contributed by atoms with E-state index in [1.165, 1.54) is 0 Å². The summed E-state index contributed by atoms with van der Waals surface area (Å²) < 4.78 is 5.34. The lowest BCUT2D eigenvalue weighted by molar-refractivity contribution is 0.134. The third-order valence-corrected chi connectivity index (χ3v) is 1.77. The molecule has 84 valence electrons. The van der Waals surface area contributed by atoms with E-state index in [-0.39, 0.29) is 0 Å².